The Kier molecular flexibility index (Phi) is 3.43. The maximum Gasteiger partial charge on any atom is 0.255 e. The lowest BCUT2D eigenvalue weighted by Crippen LogP contribution is -2.14. The van der Waals surface area contributed by atoms with E-state index < -0.39 is 5.91 Å². The molecule has 18 heavy (non-hydrogen) atoms. The number of hydrogen-bond donors (Lipinski definition) is 1. The molecule has 2 N–H and O–H groups in total. The summed E-state index contributed by atoms with van der Waals surface area (Å²) in [6.07, 6.45) is 1.33. The SMILES string of the molecule is COc1nc(-c2ccccc2Cl)ncc1C(N)=O. The highest BCUT2D eigenvalue weighted by Gasteiger charge is 2.14. The van der Waals surface area contributed by atoms with Crippen molar-refractivity contribution in [2.45, 2.75) is 0 Å². The van der Waals surface area contributed by atoms with Crippen molar-refractivity contribution in [2.75, 3.05) is 7.11 Å². The summed E-state index contributed by atoms with van der Waals surface area (Å²) in [5, 5.41) is 0.520. The average Bonchev–Trinajstić information content (AvgIpc) is 2.38. The third-order valence-corrected chi connectivity index (χ3v) is 2.66. The molecule has 92 valence electrons. The third kappa shape index (κ3) is 2.26. The molecule has 2 rings (SSSR count). The van der Waals surface area contributed by atoms with Crippen LogP contribution < -0.4 is 10.5 Å². The van der Waals surface area contributed by atoms with Crippen LogP contribution in [0.15, 0.2) is 30.5 Å². The number of carbonyl (C=O) groups is 1. The monoisotopic (exact) mass is 263 g/mol. The molecule has 0 saturated carbocycles. The quantitative estimate of drug-likeness (QED) is 0.917. The predicted octanol–water partition coefficient (Wildman–Crippen LogP) is 1.90. The van der Waals surface area contributed by atoms with Gasteiger partial charge in [-0.2, -0.15) is 4.98 Å². The van der Waals surface area contributed by atoms with Crippen molar-refractivity contribution >= 4 is 17.5 Å². The van der Waals surface area contributed by atoms with Gasteiger partial charge < -0.3 is 10.5 Å². The minimum Gasteiger partial charge on any atom is -0.480 e. The standard InChI is InChI=1S/C12H10ClN3O2/c1-18-12-8(10(14)17)6-15-11(16-12)7-4-2-3-5-9(7)13/h2-6H,1H3,(H2,14,17). The summed E-state index contributed by atoms with van der Waals surface area (Å²) in [5.74, 6) is -0.132. The molecule has 1 heterocycles. The van der Waals surface area contributed by atoms with E-state index in [0.29, 0.717) is 16.4 Å². The summed E-state index contributed by atoms with van der Waals surface area (Å²) in [7, 11) is 1.41. The van der Waals surface area contributed by atoms with Crippen LogP contribution in [0.4, 0.5) is 0 Å². The van der Waals surface area contributed by atoms with E-state index >= 15 is 0 Å². The van der Waals surface area contributed by atoms with Crippen LogP contribution in [0.25, 0.3) is 11.4 Å². The molecule has 1 amide bonds. The number of ether oxygens (including phenoxy) is 1. The van der Waals surface area contributed by atoms with Crippen molar-refractivity contribution < 1.29 is 9.53 Å². The Morgan fingerprint density at radius 1 is 1.39 bits per heavy atom. The van der Waals surface area contributed by atoms with Crippen LogP contribution in [0.2, 0.25) is 5.02 Å². The van der Waals surface area contributed by atoms with Crippen LogP contribution >= 0.6 is 11.6 Å². The summed E-state index contributed by atoms with van der Waals surface area (Å²) in [6.45, 7) is 0. The van der Waals surface area contributed by atoms with E-state index in [2.05, 4.69) is 9.97 Å². The maximum absolute atomic E-state index is 11.1. The van der Waals surface area contributed by atoms with E-state index in [4.69, 9.17) is 22.1 Å². The molecular weight excluding hydrogens is 254 g/mol. The summed E-state index contributed by atoms with van der Waals surface area (Å²) < 4.78 is 5.01. The van der Waals surface area contributed by atoms with Crippen molar-refractivity contribution in [3.05, 3.63) is 41.0 Å². The van der Waals surface area contributed by atoms with Gasteiger partial charge in [-0.1, -0.05) is 23.7 Å². The molecule has 0 fully saturated rings. The van der Waals surface area contributed by atoms with Crippen molar-refractivity contribution in [2.24, 2.45) is 5.73 Å². The maximum atomic E-state index is 11.1. The lowest BCUT2D eigenvalue weighted by atomic mass is 10.2. The lowest BCUT2D eigenvalue weighted by Gasteiger charge is -2.07. The number of carbonyl (C=O) groups excluding carboxylic acids is 1. The highest BCUT2D eigenvalue weighted by Crippen LogP contribution is 2.26. The van der Waals surface area contributed by atoms with E-state index in [1.807, 2.05) is 6.07 Å². The van der Waals surface area contributed by atoms with Crippen LogP contribution in [0.1, 0.15) is 10.4 Å². The Morgan fingerprint density at radius 2 is 2.11 bits per heavy atom. The van der Waals surface area contributed by atoms with Crippen molar-refractivity contribution in [1.29, 1.82) is 0 Å². The highest BCUT2D eigenvalue weighted by atomic mass is 35.5. The first-order chi connectivity index (χ1) is 8.63. The Bertz CT molecular complexity index is 602. The number of nitrogens with zero attached hydrogens (tertiary/aromatic N) is 2. The highest BCUT2D eigenvalue weighted by molar-refractivity contribution is 6.33. The zero-order chi connectivity index (χ0) is 13.1. The number of aromatic nitrogens is 2. The summed E-state index contributed by atoms with van der Waals surface area (Å²) in [4.78, 5) is 19.3. The van der Waals surface area contributed by atoms with Gasteiger partial charge in [0.05, 0.1) is 12.1 Å². The molecule has 0 radical (unpaired) electrons. The molecule has 2 aromatic rings. The summed E-state index contributed by atoms with van der Waals surface area (Å²) >= 11 is 6.04. The van der Waals surface area contributed by atoms with Gasteiger partial charge >= 0.3 is 0 Å². The fourth-order valence-corrected chi connectivity index (χ4v) is 1.68. The number of methoxy groups -OCH3 is 1. The topological polar surface area (TPSA) is 78.1 Å². The lowest BCUT2D eigenvalue weighted by molar-refractivity contribution is 0.0996. The largest absolute Gasteiger partial charge is 0.480 e. The molecule has 0 aliphatic rings. The summed E-state index contributed by atoms with van der Waals surface area (Å²) in [5.41, 5.74) is 5.98. The first kappa shape index (κ1) is 12.3. The minimum absolute atomic E-state index is 0.132. The Morgan fingerprint density at radius 3 is 2.72 bits per heavy atom. The van der Waals surface area contributed by atoms with Gasteiger partial charge in [0.2, 0.25) is 5.88 Å². The molecule has 0 aliphatic carbocycles. The Labute approximate surface area is 109 Å². The van der Waals surface area contributed by atoms with Gasteiger partial charge in [-0.3, -0.25) is 4.79 Å². The molecule has 0 unspecified atom stereocenters. The van der Waals surface area contributed by atoms with E-state index in [1.165, 1.54) is 13.3 Å². The normalized spacial score (nSPS) is 10.1. The van der Waals surface area contributed by atoms with Gasteiger partial charge in [0.15, 0.2) is 5.82 Å². The molecule has 5 nitrogen and oxygen atoms in total. The summed E-state index contributed by atoms with van der Waals surface area (Å²) in [6, 6.07) is 7.13. The number of rotatable bonds is 3. The first-order valence-electron chi connectivity index (χ1n) is 5.09. The second-order valence-corrected chi connectivity index (χ2v) is 3.87. The van der Waals surface area contributed by atoms with Crippen LogP contribution in [0, 0.1) is 0 Å². The Hall–Kier alpha value is -2.14. The minimum atomic E-state index is -0.641. The number of halogens is 1. The average molecular weight is 264 g/mol. The molecule has 1 aromatic carbocycles. The molecule has 0 atom stereocenters. The van der Waals surface area contributed by atoms with E-state index in [9.17, 15) is 4.79 Å². The number of hydrogen-bond acceptors (Lipinski definition) is 4. The number of primary amides is 1. The molecule has 0 bridgehead atoms. The zero-order valence-electron chi connectivity index (χ0n) is 9.55. The third-order valence-electron chi connectivity index (χ3n) is 2.33. The number of amides is 1. The van der Waals surface area contributed by atoms with Crippen LogP contribution in [-0.4, -0.2) is 23.0 Å². The molecule has 6 heteroatoms. The fraction of sp³-hybridized carbons (Fsp3) is 0.0833. The van der Waals surface area contributed by atoms with Crippen LogP contribution in [-0.2, 0) is 0 Å². The van der Waals surface area contributed by atoms with Gasteiger partial charge in [-0.25, -0.2) is 4.98 Å². The molecule has 0 aliphatic heterocycles. The van der Waals surface area contributed by atoms with Gasteiger partial charge in [0.1, 0.15) is 5.56 Å². The van der Waals surface area contributed by atoms with Crippen molar-refractivity contribution in [1.82, 2.24) is 9.97 Å². The van der Waals surface area contributed by atoms with Crippen LogP contribution in [0.3, 0.4) is 0 Å². The van der Waals surface area contributed by atoms with E-state index in [0.717, 1.165) is 0 Å². The van der Waals surface area contributed by atoms with Gasteiger partial charge in [0, 0.05) is 11.8 Å². The molecule has 0 spiro atoms. The number of benzene rings is 1. The first-order valence-corrected chi connectivity index (χ1v) is 5.47. The fourth-order valence-electron chi connectivity index (χ4n) is 1.46. The zero-order valence-corrected chi connectivity index (χ0v) is 10.3. The predicted molar refractivity (Wildman–Crippen MR) is 67.5 cm³/mol. The Balaban J connectivity index is 2.55. The van der Waals surface area contributed by atoms with Gasteiger partial charge in [-0.15, -0.1) is 0 Å². The van der Waals surface area contributed by atoms with E-state index in [-0.39, 0.29) is 11.4 Å². The molecular formula is C12H10ClN3O2. The smallest absolute Gasteiger partial charge is 0.255 e. The molecule has 0 saturated heterocycles. The molecule has 1 aromatic heterocycles. The van der Waals surface area contributed by atoms with Gasteiger partial charge in [0.25, 0.3) is 5.91 Å². The second-order valence-electron chi connectivity index (χ2n) is 3.46. The second kappa shape index (κ2) is 5.01. The van der Waals surface area contributed by atoms with Crippen molar-refractivity contribution in [3.63, 3.8) is 0 Å². The van der Waals surface area contributed by atoms with Gasteiger partial charge in [-0.05, 0) is 12.1 Å². The van der Waals surface area contributed by atoms with E-state index in [1.54, 1.807) is 18.2 Å². The van der Waals surface area contributed by atoms with Crippen molar-refractivity contribution in [3.8, 4) is 17.3 Å². The number of nitrogens with two attached hydrogens (primary N) is 1. The van der Waals surface area contributed by atoms with Crippen LogP contribution in [0.5, 0.6) is 5.88 Å².